The van der Waals surface area contributed by atoms with Crippen molar-refractivity contribution >= 4 is 23.4 Å². The Balaban J connectivity index is 1.94. The molecule has 2 aromatic carbocycles. The highest BCUT2D eigenvalue weighted by atomic mass is 32.2. The van der Waals surface area contributed by atoms with E-state index in [9.17, 15) is 9.18 Å². The van der Waals surface area contributed by atoms with Gasteiger partial charge in [0.2, 0.25) is 5.91 Å². The first kappa shape index (κ1) is 22.0. The summed E-state index contributed by atoms with van der Waals surface area (Å²) >= 11 is 1.56. The summed E-state index contributed by atoms with van der Waals surface area (Å²) in [6, 6.07) is 14.6. The van der Waals surface area contributed by atoms with E-state index in [2.05, 4.69) is 12.2 Å². The van der Waals surface area contributed by atoms with E-state index < -0.39 is 0 Å². The highest BCUT2D eigenvalue weighted by Gasteiger charge is 2.22. The molecule has 0 bridgehead atoms. The van der Waals surface area contributed by atoms with Gasteiger partial charge in [-0.1, -0.05) is 67.6 Å². The Labute approximate surface area is 182 Å². The number of halogens is 1. The van der Waals surface area contributed by atoms with E-state index in [1.54, 1.807) is 23.9 Å². The second-order valence-electron chi connectivity index (χ2n) is 7.14. The van der Waals surface area contributed by atoms with Crippen molar-refractivity contribution in [2.24, 2.45) is 10.9 Å². The van der Waals surface area contributed by atoms with Crippen LogP contribution in [0.15, 0.2) is 81.7 Å². The minimum Gasteiger partial charge on any atom is -0.356 e. The standard InChI is InChI=1S/C25H27FN2OS/c1-3-5-15-27-25(29)18(10-4-2)16-19-17-30-23-14-9-7-12-21(23)24(28-19)20-11-6-8-13-22(20)26/h4,6-14,17-18H,3,5,15-16H2,1-2H3,(H,27,29)/b10-4-. The molecule has 1 aliphatic rings. The summed E-state index contributed by atoms with van der Waals surface area (Å²) in [7, 11) is 0. The summed E-state index contributed by atoms with van der Waals surface area (Å²) in [5, 5.41) is 4.98. The number of allylic oxidation sites excluding steroid dienone is 2. The van der Waals surface area contributed by atoms with Gasteiger partial charge in [0, 0.05) is 34.7 Å². The molecule has 1 amide bonds. The minimum absolute atomic E-state index is 0.00291. The van der Waals surface area contributed by atoms with Crippen molar-refractivity contribution in [2.45, 2.75) is 38.0 Å². The number of rotatable bonds is 8. The van der Waals surface area contributed by atoms with Crippen molar-refractivity contribution in [1.29, 1.82) is 0 Å². The van der Waals surface area contributed by atoms with Gasteiger partial charge in [-0.3, -0.25) is 9.79 Å². The number of aliphatic imine (C=N–C) groups is 1. The zero-order chi connectivity index (χ0) is 21.3. The Bertz CT molecular complexity index is 981. The molecular formula is C25H27FN2OS. The third-order valence-corrected chi connectivity index (χ3v) is 5.87. The Hall–Kier alpha value is -2.66. The highest BCUT2D eigenvalue weighted by Crippen LogP contribution is 2.33. The van der Waals surface area contributed by atoms with E-state index >= 15 is 0 Å². The molecule has 3 nitrogen and oxygen atoms in total. The van der Waals surface area contributed by atoms with E-state index in [0.29, 0.717) is 24.2 Å². The first-order valence-corrected chi connectivity index (χ1v) is 11.2. The molecule has 1 atom stereocenters. The number of benzene rings is 2. The zero-order valence-corrected chi connectivity index (χ0v) is 18.2. The normalized spacial score (nSPS) is 14.5. The van der Waals surface area contributed by atoms with Crippen LogP contribution in [0.25, 0.3) is 0 Å². The number of amides is 1. The van der Waals surface area contributed by atoms with Crippen LogP contribution in [0.3, 0.4) is 0 Å². The molecule has 1 heterocycles. The quantitative estimate of drug-likeness (QED) is 0.412. The number of carbonyl (C=O) groups is 1. The molecule has 2 aromatic rings. The van der Waals surface area contributed by atoms with Crippen molar-refractivity contribution < 1.29 is 9.18 Å². The third kappa shape index (κ3) is 5.48. The molecule has 156 valence electrons. The van der Waals surface area contributed by atoms with Gasteiger partial charge in [-0.2, -0.15) is 0 Å². The molecule has 3 rings (SSSR count). The Morgan fingerprint density at radius 3 is 2.63 bits per heavy atom. The van der Waals surface area contributed by atoms with Crippen molar-refractivity contribution in [3.05, 3.63) is 88.7 Å². The molecule has 1 unspecified atom stereocenters. The van der Waals surface area contributed by atoms with Crippen molar-refractivity contribution in [1.82, 2.24) is 5.32 Å². The number of nitrogens with one attached hydrogen (secondary N) is 1. The van der Waals surface area contributed by atoms with E-state index in [-0.39, 0.29) is 17.6 Å². The molecule has 30 heavy (non-hydrogen) atoms. The van der Waals surface area contributed by atoms with Crippen LogP contribution in [0.1, 0.15) is 44.2 Å². The molecule has 1 N–H and O–H groups in total. The highest BCUT2D eigenvalue weighted by molar-refractivity contribution is 8.02. The number of hydrogen-bond acceptors (Lipinski definition) is 3. The molecule has 0 radical (unpaired) electrons. The van der Waals surface area contributed by atoms with E-state index in [1.807, 2.05) is 54.8 Å². The van der Waals surface area contributed by atoms with Crippen LogP contribution in [0.4, 0.5) is 4.39 Å². The average molecular weight is 423 g/mol. The fourth-order valence-electron chi connectivity index (χ4n) is 3.30. The van der Waals surface area contributed by atoms with E-state index in [4.69, 9.17) is 4.99 Å². The van der Waals surface area contributed by atoms with E-state index in [1.165, 1.54) is 6.07 Å². The lowest BCUT2D eigenvalue weighted by molar-refractivity contribution is -0.123. The Morgan fingerprint density at radius 1 is 1.17 bits per heavy atom. The average Bonchev–Trinajstić information content (AvgIpc) is 2.94. The predicted octanol–water partition coefficient (Wildman–Crippen LogP) is 6.11. The van der Waals surface area contributed by atoms with Gasteiger partial charge in [-0.05, 0) is 37.0 Å². The monoisotopic (exact) mass is 422 g/mol. The summed E-state index contributed by atoms with van der Waals surface area (Å²) in [5.74, 6) is -0.623. The number of unbranched alkanes of at least 4 members (excludes halogenated alkanes) is 1. The third-order valence-electron chi connectivity index (χ3n) is 4.87. The SMILES string of the molecule is C/C=C\C(CC1=CSc2ccccc2C(c2ccccc2F)=N1)C(=O)NCCCC. The van der Waals surface area contributed by atoms with Crippen LogP contribution in [-0.2, 0) is 4.79 Å². The number of fused-ring (bicyclic) bond motifs is 1. The zero-order valence-electron chi connectivity index (χ0n) is 17.4. The number of nitrogens with zero attached hydrogens (tertiary/aromatic N) is 1. The molecule has 0 saturated heterocycles. The molecule has 0 fully saturated rings. The van der Waals surface area contributed by atoms with Crippen LogP contribution >= 0.6 is 11.8 Å². The molecule has 0 aromatic heterocycles. The fraction of sp³-hybridized carbons (Fsp3) is 0.280. The van der Waals surface area contributed by atoms with Crippen LogP contribution in [0.2, 0.25) is 0 Å². The molecule has 0 spiro atoms. The summed E-state index contributed by atoms with van der Waals surface area (Å²) in [4.78, 5) is 18.6. The van der Waals surface area contributed by atoms with Gasteiger partial charge in [-0.25, -0.2) is 4.39 Å². The minimum atomic E-state index is -0.314. The smallest absolute Gasteiger partial charge is 0.227 e. The van der Waals surface area contributed by atoms with Crippen LogP contribution < -0.4 is 5.32 Å². The van der Waals surface area contributed by atoms with Crippen LogP contribution in [0, 0.1) is 11.7 Å². The van der Waals surface area contributed by atoms with Crippen molar-refractivity contribution in [3.63, 3.8) is 0 Å². The van der Waals surface area contributed by atoms with Crippen LogP contribution in [-0.4, -0.2) is 18.2 Å². The summed E-state index contributed by atoms with van der Waals surface area (Å²) in [6.45, 7) is 4.68. The number of hydrogen-bond donors (Lipinski definition) is 1. The van der Waals surface area contributed by atoms with Gasteiger partial charge in [0.25, 0.3) is 0 Å². The van der Waals surface area contributed by atoms with Crippen molar-refractivity contribution in [3.8, 4) is 0 Å². The maximum atomic E-state index is 14.6. The number of carbonyl (C=O) groups excluding carboxylic acids is 1. The molecule has 5 heteroatoms. The van der Waals surface area contributed by atoms with Gasteiger partial charge in [0.1, 0.15) is 5.82 Å². The lowest BCUT2D eigenvalue weighted by atomic mass is 9.99. The second kappa shape index (κ2) is 10.9. The molecular weight excluding hydrogens is 395 g/mol. The fourth-order valence-corrected chi connectivity index (χ4v) is 4.17. The topological polar surface area (TPSA) is 41.5 Å². The largest absolute Gasteiger partial charge is 0.356 e. The molecule has 1 aliphatic heterocycles. The van der Waals surface area contributed by atoms with Gasteiger partial charge in [0.05, 0.1) is 11.6 Å². The predicted molar refractivity (Wildman–Crippen MR) is 123 cm³/mol. The Kier molecular flexibility index (Phi) is 8.03. The maximum Gasteiger partial charge on any atom is 0.227 e. The van der Waals surface area contributed by atoms with Gasteiger partial charge >= 0.3 is 0 Å². The maximum absolute atomic E-state index is 14.6. The molecule has 0 aliphatic carbocycles. The second-order valence-corrected chi connectivity index (χ2v) is 8.06. The number of thioether (sulfide) groups is 1. The summed E-state index contributed by atoms with van der Waals surface area (Å²) < 4.78 is 14.6. The van der Waals surface area contributed by atoms with Gasteiger partial charge < -0.3 is 5.32 Å². The molecule has 0 saturated carbocycles. The lowest BCUT2D eigenvalue weighted by Crippen LogP contribution is -2.30. The first-order valence-electron chi connectivity index (χ1n) is 10.3. The van der Waals surface area contributed by atoms with Gasteiger partial charge in [0.15, 0.2) is 0 Å². The van der Waals surface area contributed by atoms with Crippen LogP contribution in [0.5, 0.6) is 0 Å². The lowest BCUT2D eigenvalue weighted by Gasteiger charge is -2.14. The van der Waals surface area contributed by atoms with E-state index in [0.717, 1.165) is 29.0 Å². The first-order chi connectivity index (χ1) is 14.6. The van der Waals surface area contributed by atoms with Crippen molar-refractivity contribution in [2.75, 3.05) is 6.54 Å². The summed E-state index contributed by atoms with van der Waals surface area (Å²) in [6.07, 6.45) is 6.25. The Morgan fingerprint density at radius 2 is 1.90 bits per heavy atom. The van der Waals surface area contributed by atoms with Gasteiger partial charge in [-0.15, -0.1) is 0 Å². The summed E-state index contributed by atoms with van der Waals surface area (Å²) in [5.41, 5.74) is 2.73.